The van der Waals surface area contributed by atoms with E-state index in [1.165, 1.54) is 5.56 Å². The van der Waals surface area contributed by atoms with Crippen LogP contribution in [-0.4, -0.2) is 18.5 Å². The molecule has 0 unspecified atom stereocenters. The van der Waals surface area contributed by atoms with E-state index in [4.69, 9.17) is 11.6 Å². The Bertz CT molecular complexity index is 256. The average molecular weight is 196 g/mol. The maximum Gasteiger partial charge on any atom is 0.0233 e. The third kappa shape index (κ3) is 4.11. The second-order valence-corrected chi connectivity index (χ2v) is 3.30. The van der Waals surface area contributed by atoms with Crippen LogP contribution >= 0.6 is 11.6 Å². The predicted molar refractivity (Wildman–Crippen MR) is 57.8 cm³/mol. The third-order valence-electron chi connectivity index (χ3n) is 1.80. The van der Waals surface area contributed by atoms with Crippen molar-refractivity contribution in [2.24, 2.45) is 0 Å². The van der Waals surface area contributed by atoms with Crippen molar-refractivity contribution in [2.75, 3.05) is 13.6 Å². The highest BCUT2D eigenvalue weighted by Crippen LogP contribution is 2.02. The Balaban J connectivity index is 2.40. The second-order valence-electron chi connectivity index (χ2n) is 3.04. The molecule has 0 bridgehead atoms. The molecule has 0 aromatic heterocycles. The fraction of sp³-hybridized carbons (Fsp3) is 0.273. The van der Waals surface area contributed by atoms with Crippen molar-refractivity contribution in [3.05, 3.63) is 47.5 Å². The number of likely N-dealkylation sites (N-methyl/N-ethyl adjacent to an activating group) is 1. The molecule has 70 valence electrons. The van der Waals surface area contributed by atoms with E-state index in [0.717, 1.165) is 13.1 Å². The fourth-order valence-electron chi connectivity index (χ4n) is 1.18. The Morgan fingerprint density at radius 3 is 2.62 bits per heavy atom. The molecule has 1 nitrogen and oxygen atoms in total. The van der Waals surface area contributed by atoms with Gasteiger partial charge in [0, 0.05) is 18.6 Å². The van der Waals surface area contributed by atoms with E-state index in [9.17, 15) is 0 Å². The molecule has 1 aromatic carbocycles. The maximum atomic E-state index is 5.44. The summed E-state index contributed by atoms with van der Waals surface area (Å²) in [5, 5.41) is 0. The van der Waals surface area contributed by atoms with Crippen LogP contribution in [0, 0.1) is 0 Å². The zero-order chi connectivity index (χ0) is 9.52. The van der Waals surface area contributed by atoms with Gasteiger partial charge in [0.25, 0.3) is 0 Å². The largest absolute Gasteiger partial charge is 0.298 e. The molecule has 0 aliphatic heterocycles. The first-order valence-electron chi connectivity index (χ1n) is 4.30. The highest BCUT2D eigenvalue weighted by Gasteiger charge is 1.95. The first-order valence-corrected chi connectivity index (χ1v) is 4.74. The lowest BCUT2D eigenvalue weighted by atomic mass is 10.2. The first-order chi connectivity index (χ1) is 6.33. The minimum absolute atomic E-state index is 0.887. The lowest BCUT2D eigenvalue weighted by molar-refractivity contribution is 0.363. The Kier molecular flexibility index (Phi) is 4.58. The molecule has 0 aliphatic rings. The van der Waals surface area contributed by atoms with Gasteiger partial charge in [-0.25, -0.2) is 0 Å². The first kappa shape index (κ1) is 10.3. The maximum absolute atomic E-state index is 5.44. The number of rotatable bonds is 4. The topological polar surface area (TPSA) is 3.24 Å². The number of hydrogen-bond donors (Lipinski definition) is 0. The Labute approximate surface area is 84.6 Å². The molecule has 0 radical (unpaired) electrons. The number of halogens is 1. The lowest BCUT2D eigenvalue weighted by Crippen LogP contribution is -2.17. The molecule has 0 spiro atoms. The summed E-state index contributed by atoms with van der Waals surface area (Å²) in [5.41, 5.74) is 2.88. The van der Waals surface area contributed by atoms with Crippen LogP contribution in [-0.2, 0) is 6.54 Å². The third-order valence-corrected chi connectivity index (χ3v) is 1.98. The summed E-state index contributed by atoms with van der Waals surface area (Å²) in [7, 11) is 2.07. The van der Waals surface area contributed by atoms with Gasteiger partial charge < -0.3 is 0 Å². The molecule has 0 N–H and O–H groups in total. The molecule has 0 aliphatic carbocycles. The van der Waals surface area contributed by atoms with Crippen LogP contribution in [0.5, 0.6) is 0 Å². The van der Waals surface area contributed by atoms with Crippen LogP contribution < -0.4 is 0 Å². The van der Waals surface area contributed by atoms with Gasteiger partial charge >= 0.3 is 0 Å². The molecule has 0 fully saturated rings. The molecule has 0 atom stereocenters. The van der Waals surface area contributed by atoms with Crippen LogP contribution in [0.2, 0.25) is 0 Å². The molecule has 0 heterocycles. The van der Waals surface area contributed by atoms with Crippen molar-refractivity contribution in [1.29, 1.82) is 0 Å². The van der Waals surface area contributed by atoms with Gasteiger partial charge in [-0.2, -0.15) is 0 Å². The van der Waals surface area contributed by atoms with Crippen LogP contribution in [0.3, 0.4) is 0 Å². The van der Waals surface area contributed by atoms with Crippen molar-refractivity contribution < 1.29 is 0 Å². The second kappa shape index (κ2) is 5.79. The predicted octanol–water partition coefficient (Wildman–Crippen LogP) is 2.87. The van der Waals surface area contributed by atoms with E-state index < -0.39 is 0 Å². The molecule has 1 aromatic rings. The van der Waals surface area contributed by atoms with E-state index in [0.29, 0.717) is 0 Å². The molecular formula is C11H14ClN. The van der Waals surface area contributed by atoms with Crippen molar-refractivity contribution >= 4 is 11.6 Å². The molecular weight excluding hydrogens is 182 g/mol. The summed E-state index contributed by atoms with van der Waals surface area (Å²) < 4.78 is 0. The fourth-order valence-corrected chi connectivity index (χ4v) is 1.26. The number of nitrogens with zero attached hydrogens (tertiary/aromatic N) is 1. The zero-order valence-electron chi connectivity index (χ0n) is 7.78. The van der Waals surface area contributed by atoms with Gasteiger partial charge in [-0.05, 0) is 12.6 Å². The van der Waals surface area contributed by atoms with E-state index in [2.05, 4.69) is 36.2 Å². The molecule has 13 heavy (non-hydrogen) atoms. The van der Waals surface area contributed by atoms with E-state index in [1.807, 2.05) is 12.1 Å². The van der Waals surface area contributed by atoms with Gasteiger partial charge in [-0.15, -0.1) is 0 Å². The average Bonchev–Trinajstić information content (AvgIpc) is 2.16. The SMILES string of the molecule is CN(C/C=C\Cl)Cc1ccccc1. The minimum Gasteiger partial charge on any atom is -0.298 e. The van der Waals surface area contributed by atoms with Gasteiger partial charge in [0.2, 0.25) is 0 Å². The zero-order valence-corrected chi connectivity index (χ0v) is 8.54. The van der Waals surface area contributed by atoms with Gasteiger partial charge in [0.1, 0.15) is 0 Å². The molecule has 0 saturated heterocycles. The normalized spacial score (nSPS) is 11.3. The monoisotopic (exact) mass is 195 g/mol. The summed E-state index contributed by atoms with van der Waals surface area (Å²) in [5.74, 6) is 0. The number of hydrogen-bond acceptors (Lipinski definition) is 1. The van der Waals surface area contributed by atoms with Crippen molar-refractivity contribution in [3.8, 4) is 0 Å². The molecule has 0 saturated carbocycles. The van der Waals surface area contributed by atoms with Crippen LogP contribution in [0.1, 0.15) is 5.56 Å². The molecule has 0 amide bonds. The number of benzene rings is 1. The van der Waals surface area contributed by atoms with Crippen LogP contribution in [0.4, 0.5) is 0 Å². The highest BCUT2D eigenvalue weighted by molar-refractivity contribution is 6.25. The highest BCUT2D eigenvalue weighted by atomic mass is 35.5. The van der Waals surface area contributed by atoms with Gasteiger partial charge in [0.15, 0.2) is 0 Å². The quantitative estimate of drug-likeness (QED) is 0.714. The van der Waals surface area contributed by atoms with E-state index in [-0.39, 0.29) is 0 Å². The molecule has 1 rings (SSSR count). The summed E-state index contributed by atoms with van der Waals surface area (Å²) >= 11 is 5.44. The van der Waals surface area contributed by atoms with Gasteiger partial charge in [-0.1, -0.05) is 48.0 Å². The summed E-state index contributed by atoms with van der Waals surface area (Å²) in [4.78, 5) is 2.20. The van der Waals surface area contributed by atoms with Crippen molar-refractivity contribution in [3.63, 3.8) is 0 Å². The Hall–Kier alpha value is -0.790. The standard InChI is InChI=1S/C11H14ClN/c1-13(9-5-8-12)10-11-6-3-2-4-7-11/h2-8H,9-10H2,1H3/b8-5-. The van der Waals surface area contributed by atoms with Crippen LogP contribution in [0.15, 0.2) is 41.9 Å². The summed E-state index contributed by atoms with van der Waals surface area (Å²) in [6, 6.07) is 10.4. The van der Waals surface area contributed by atoms with E-state index >= 15 is 0 Å². The Morgan fingerprint density at radius 2 is 2.00 bits per heavy atom. The van der Waals surface area contributed by atoms with Gasteiger partial charge in [0.05, 0.1) is 0 Å². The smallest absolute Gasteiger partial charge is 0.0233 e. The minimum atomic E-state index is 0.887. The van der Waals surface area contributed by atoms with Crippen molar-refractivity contribution in [1.82, 2.24) is 4.90 Å². The lowest BCUT2D eigenvalue weighted by Gasteiger charge is -2.13. The molecule has 2 heteroatoms. The van der Waals surface area contributed by atoms with Crippen molar-refractivity contribution in [2.45, 2.75) is 6.54 Å². The van der Waals surface area contributed by atoms with Crippen LogP contribution in [0.25, 0.3) is 0 Å². The Morgan fingerprint density at radius 1 is 1.31 bits per heavy atom. The summed E-state index contributed by atoms with van der Waals surface area (Å²) in [6.07, 6.45) is 1.94. The van der Waals surface area contributed by atoms with E-state index in [1.54, 1.807) is 5.54 Å². The van der Waals surface area contributed by atoms with Gasteiger partial charge in [-0.3, -0.25) is 4.90 Å². The summed E-state index contributed by atoms with van der Waals surface area (Å²) in [6.45, 7) is 1.85.